The zero-order valence-corrected chi connectivity index (χ0v) is 14.9. The molecule has 132 valence electrons. The Hall–Kier alpha value is -2.45. The second-order valence-electron chi connectivity index (χ2n) is 7.20. The summed E-state index contributed by atoms with van der Waals surface area (Å²) in [5.41, 5.74) is 0.294. The molecule has 0 fully saturated rings. The molecule has 0 aromatic heterocycles. The van der Waals surface area contributed by atoms with Gasteiger partial charge in [-0.15, -0.1) is 0 Å². The van der Waals surface area contributed by atoms with E-state index in [-0.39, 0.29) is 12.2 Å². The molecule has 2 rings (SSSR count). The Morgan fingerprint density at radius 1 is 1.40 bits per heavy atom. The number of nitriles is 1. The molecule has 5 heteroatoms. The van der Waals surface area contributed by atoms with Crippen LogP contribution in [0, 0.1) is 17.1 Å². The van der Waals surface area contributed by atoms with Crippen LogP contribution in [0.2, 0.25) is 0 Å². The van der Waals surface area contributed by atoms with Crippen molar-refractivity contribution in [2.75, 3.05) is 6.61 Å². The molecule has 0 radical (unpaired) electrons. The van der Waals surface area contributed by atoms with Crippen LogP contribution in [0.5, 0.6) is 0 Å². The van der Waals surface area contributed by atoms with Gasteiger partial charge < -0.3 is 9.47 Å². The van der Waals surface area contributed by atoms with Gasteiger partial charge in [-0.1, -0.05) is 18.2 Å². The smallest absolute Gasteiger partial charge is 0.332 e. The lowest BCUT2D eigenvalue weighted by Crippen LogP contribution is -2.33. The number of nitrogens with zero attached hydrogens (tertiary/aromatic N) is 1. The highest BCUT2D eigenvalue weighted by atomic mass is 19.1. The van der Waals surface area contributed by atoms with E-state index in [1.165, 1.54) is 12.1 Å². The van der Waals surface area contributed by atoms with Crippen molar-refractivity contribution in [2.45, 2.75) is 45.3 Å². The van der Waals surface area contributed by atoms with E-state index in [9.17, 15) is 9.18 Å². The lowest BCUT2D eigenvalue weighted by atomic mass is 9.89. The first-order valence-corrected chi connectivity index (χ1v) is 8.07. The Kier molecular flexibility index (Phi) is 5.44. The minimum Gasteiger partial charge on any atom is -0.458 e. The van der Waals surface area contributed by atoms with Gasteiger partial charge in [-0.3, -0.25) is 0 Å². The summed E-state index contributed by atoms with van der Waals surface area (Å²) in [5, 5.41) is 8.98. The summed E-state index contributed by atoms with van der Waals surface area (Å²) in [6, 6.07) is 6.23. The van der Waals surface area contributed by atoms with Gasteiger partial charge in [0.15, 0.2) is 0 Å². The van der Waals surface area contributed by atoms with Crippen molar-refractivity contribution in [3.8, 4) is 6.07 Å². The van der Waals surface area contributed by atoms with Crippen LogP contribution in [-0.2, 0) is 14.3 Å². The maximum Gasteiger partial charge on any atom is 0.332 e. The number of allylic oxidation sites excluding steroid dienone is 2. The molecule has 0 saturated heterocycles. The van der Waals surface area contributed by atoms with Crippen LogP contribution in [0.1, 0.15) is 45.2 Å². The first-order valence-electron chi connectivity index (χ1n) is 8.07. The Bertz CT molecular complexity index is 768. The second-order valence-corrected chi connectivity index (χ2v) is 7.20. The number of hydrogen-bond acceptors (Lipinski definition) is 4. The number of benzene rings is 1. The predicted octanol–water partition coefficient (Wildman–Crippen LogP) is 4.16. The van der Waals surface area contributed by atoms with Crippen molar-refractivity contribution in [1.82, 2.24) is 0 Å². The fourth-order valence-corrected chi connectivity index (χ4v) is 2.52. The van der Waals surface area contributed by atoms with Crippen molar-refractivity contribution < 1.29 is 18.7 Å². The third-order valence-electron chi connectivity index (χ3n) is 3.64. The topological polar surface area (TPSA) is 59.3 Å². The Morgan fingerprint density at radius 2 is 2.12 bits per heavy atom. The molecule has 0 bridgehead atoms. The van der Waals surface area contributed by atoms with Crippen LogP contribution in [0.15, 0.2) is 36.4 Å². The number of rotatable bonds is 4. The average Bonchev–Trinajstić information content (AvgIpc) is 2.52. The molecular formula is C20H22FNO3. The third-order valence-corrected chi connectivity index (χ3v) is 3.64. The van der Waals surface area contributed by atoms with Crippen molar-refractivity contribution in [3.05, 3.63) is 53.4 Å². The summed E-state index contributed by atoms with van der Waals surface area (Å²) in [6.45, 7) is 7.12. The van der Waals surface area contributed by atoms with Crippen LogP contribution in [0.4, 0.5) is 4.39 Å². The van der Waals surface area contributed by atoms with E-state index >= 15 is 0 Å². The monoisotopic (exact) mass is 343 g/mol. The van der Waals surface area contributed by atoms with Gasteiger partial charge in [0.25, 0.3) is 0 Å². The summed E-state index contributed by atoms with van der Waals surface area (Å²) in [7, 11) is 0. The van der Waals surface area contributed by atoms with Crippen LogP contribution in [0.3, 0.4) is 0 Å². The number of carbonyl (C=O) groups excluding carboxylic acids is 1. The number of carbonyl (C=O) groups is 1. The molecule has 1 atom stereocenters. The van der Waals surface area contributed by atoms with Gasteiger partial charge in [0.1, 0.15) is 24.1 Å². The molecular weight excluding hydrogens is 321 g/mol. The first kappa shape index (κ1) is 18.9. The Balaban J connectivity index is 2.14. The fourth-order valence-electron chi connectivity index (χ4n) is 2.52. The van der Waals surface area contributed by atoms with Gasteiger partial charge in [-0.2, -0.15) is 5.26 Å². The van der Waals surface area contributed by atoms with E-state index in [1.807, 2.05) is 31.2 Å². The molecule has 0 saturated carbocycles. The van der Waals surface area contributed by atoms with Gasteiger partial charge in [-0.05, 0) is 63.5 Å². The van der Waals surface area contributed by atoms with E-state index < -0.39 is 23.0 Å². The normalized spacial score (nSPS) is 19.9. The summed E-state index contributed by atoms with van der Waals surface area (Å²) in [5.74, 6) is -0.970. The molecule has 25 heavy (non-hydrogen) atoms. The summed E-state index contributed by atoms with van der Waals surface area (Å²) in [6.07, 6.45) is 6.31. The molecule has 1 aliphatic carbocycles. The van der Waals surface area contributed by atoms with Gasteiger partial charge in [0.05, 0.1) is 11.2 Å². The second kappa shape index (κ2) is 7.20. The maximum absolute atomic E-state index is 13.5. The summed E-state index contributed by atoms with van der Waals surface area (Å²) >= 11 is 0. The predicted molar refractivity (Wildman–Crippen MR) is 93.1 cm³/mol. The molecule has 0 N–H and O–H groups in total. The quantitative estimate of drug-likeness (QED) is 0.770. The van der Waals surface area contributed by atoms with Crippen molar-refractivity contribution >= 4 is 11.5 Å². The summed E-state index contributed by atoms with van der Waals surface area (Å²) < 4.78 is 24.5. The zero-order valence-electron chi connectivity index (χ0n) is 14.9. The van der Waals surface area contributed by atoms with E-state index in [1.54, 1.807) is 26.8 Å². The lowest BCUT2D eigenvalue weighted by Gasteiger charge is -2.29. The molecule has 1 aromatic carbocycles. The fraction of sp³-hybridized carbons (Fsp3) is 0.400. The zero-order chi connectivity index (χ0) is 18.7. The molecule has 0 aliphatic heterocycles. The van der Waals surface area contributed by atoms with Crippen molar-refractivity contribution in [2.24, 2.45) is 0 Å². The highest BCUT2D eigenvalue weighted by Crippen LogP contribution is 2.30. The van der Waals surface area contributed by atoms with Crippen LogP contribution < -0.4 is 0 Å². The first-order chi connectivity index (χ1) is 11.6. The number of hydrogen-bond donors (Lipinski definition) is 0. The van der Waals surface area contributed by atoms with Crippen LogP contribution in [0.25, 0.3) is 5.57 Å². The van der Waals surface area contributed by atoms with E-state index in [0.29, 0.717) is 6.42 Å². The highest BCUT2D eigenvalue weighted by Gasteiger charge is 2.27. The van der Waals surface area contributed by atoms with E-state index in [0.717, 1.165) is 11.1 Å². The van der Waals surface area contributed by atoms with Crippen molar-refractivity contribution in [3.63, 3.8) is 0 Å². The van der Waals surface area contributed by atoms with E-state index in [4.69, 9.17) is 14.7 Å². The van der Waals surface area contributed by atoms with E-state index in [2.05, 4.69) is 0 Å². The third kappa shape index (κ3) is 5.27. The van der Waals surface area contributed by atoms with Gasteiger partial charge in [0, 0.05) is 0 Å². The number of esters is 1. The SMILES string of the molecule is CC(C)(C)OC(=O)COC1(C)C=C(c2ccc(F)c(C#N)c2)C=CC1. The number of halogens is 1. The Morgan fingerprint density at radius 3 is 2.76 bits per heavy atom. The summed E-state index contributed by atoms with van der Waals surface area (Å²) in [4.78, 5) is 11.9. The maximum atomic E-state index is 13.5. The van der Waals surface area contributed by atoms with Crippen LogP contribution in [-0.4, -0.2) is 23.8 Å². The molecule has 1 aliphatic rings. The molecule has 0 heterocycles. The Labute approximate surface area is 147 Å². The number of ether oxygens (including phenoxy) is 2. The minimum absolute atomic E-state index is 0.00579. The molecule has 0 spiro atoms. The van der Waals surface area contributed by atoms with Crippen molar-refractivity contribution in [1.29, 1.82) is 5.26 Å². The van der Waals surface area contributed by atoms with Gasteiger partial charge in [0.2, 0.25) is 0 Å². The molecule has 1 aromatic rings. The standard InChI is InChI=1S/C20H22FNO3/c1-19(2,3)25-18(23)13-24-20(4)9-5-6-15(11-20)14-7-8-17(21)16(10-14)12-22/h5-8,10-11H,9,13H2,1-4H3. The van der Waals surface area contributed by atoms with Crippen LogP contribution >= 0.6 is 0 Å². The largest absolute Gasteiger partial charge is 0.458 e. The molecule has 4 nitrogen and oxygen atoms in total. The lowest BCUT2D eigenvalue weighted by molar-refractivity contribution is -0.164. The average molecular weight is 343 g/mol. The molecule has 0 amide bonds. The van der Waals surface area contributed by atoms with Gasteiger partial charge in [-0.25, -0.2) is 9.18 Å². The van der Waals surface area contributed by atoms with Gasteiger partial charge >= 0.3 is 5.97 Å². The highest BCUT2D eigenvalue weighted by molar-refractivity contribution is 5.77. The molecule has 1 unspecified atom stereocenters. The minimum atomic E-state index is -0.678.